The van der Waals surface area contributed by atoms with Crippen LogP contribution in [0.5, 0.6) is 5.75 Å². The third-order valence-corrected chi connectivity index (χ3v) is 4.99. The van der Waals surface area contributed by atoms with Gasteiger partial charge < -0.3 is 14.3 Å². The predicted octanol–water partition coefficient (Wildman–Crippen LogP) is 3.71. The van der Waals surface area contributed by atoms with Crippen molar-refractivity contribution < 1.29 is 14.3 Å². The normalized spacial score (nSPS) is 16.9. The summed E-state index contributed by atoms with van der Waals surface area (Å²) < 4.78 is 13.6. The highest BCUT2D eigenvalue weighted by Crippen LogP contribution is 2.30. The number of rotatable bonds is 5. The number of nitrogens with zero attached hydrogens (tertiary/aromatic N) is 4. The number of hydrogen-bond acceptors (Lipinski definition) is 6. The first-order valence-corrected chi connectivity index (χ1v) is 9.26. The third kappa shape index (κ3) is 3.19. The second-order valence-electron chi connectivity index (χ2n) is 7.05. The van der Waals surface area contributed by atoms with Crippen LogP contribution in [0.3, 0.4) is 0 Å². The van der Waals surface area contributed by atoms with E-state index in [1.54, 1.807) is 6.92 Å². The monoisotopic (exact) mass is 356 g/mol. The molecular weight excluding hydrogens is 332 g/mol. The van der Waals surface area contributed by atoms with Crippen LogP contribution in [0.1, 0.15) is 56.7 Å². The molecule has 0 spiro atoms. The summed E-state index contributed by atoms with van der Waals surface area (Å²) in [5, 5.41) is 17.6. The van der Waals surface area contributed by atoms with Crippen LogP contribution in [0.25, 0.3) is 17.2 Å². The molecule has 1 fully saturated rings. The highest BCUT2D eigenvalue weighted by atomic mass is 16.5. The van der Waals surface area contributed by atoms with Gasteiger partial charge in [-0.1, -0.05) is 19.3 Å². The van der Waals surface area contributed by atoms with E-state index in [9.17, 15) is 5.11 Å². The van der Waals surface area contributed by atoms with E-state index in [1.807, 2.05) is 29.7 Å². The summed E-state index contributed by atoms with van der Waals surface area (Å²) in [6.45, 7) is 4.23. The third-order valence-electron chi connectivity index (χ3n) is 4.99. The van der Waals surface area contributed by atoms with Gasteiger partial charge in [0.2, 0.25) is 5.89 Å². The Morgan fingerprint density at radius 3 is 2.85 bits per heavy atom. The minimum absolute atomic E-state index is 0.194. The summed E-state index contributed by atoms with van der Waals surface area (Å²) in [5.41, 5.74) is 2.25. The zero-order chi connectivity index (χ0) is 18.1. The van der Waals surface area contributed by atoms with E-state index in [1.165, 1.54) is 32.1 Å². The zero-order valence-corrected chi connectivity index (χ0v) is 15.2. The maximum Gasteiger partial charge on any atom is 0.266 e. The minimum atomic E-state index is -0.801. The van der Waals surface area contributed by atoms with Gasteiger partial charge in [-0.2, -0.15) is 0 Å². The Morgan fingerprint density at radius 1 is 1.31 bits per heavy atom. The standard InChI is InChI=1S/C19H24N4O3/c1-12-16(19-22-21-18(26-19)13(2)24)23-10-6-9-15(17(23)20-12)25-11-14-7-4-3-5-8-14/h6,9-10,13-14,24H,3-5,7-8,11H2,1-2H3. The molecule has 0 radical (unpaired) electrons. The van der Waals surface area contributed by atoms with E-state index in [4.69, 9.17) is 9.15 Å². The van der Waals surface area contributed by atoms with Gasteiger partial charge in [-0.05, 0) is 44.7 Å². The first-order valence-electron chi connectivity index (χ1n) is 9.26. The number of ether oxygens (including phenoxy) is 1. The summed E-state index contributed by atoms with van der Waals surface area (Å²) >= 11 is 0. The molecule has 1 unspecified atom stereocenters. The second-order valence-corrected chi connectivity index (χ2v) is 7.05. The molecule has 3 aromatic heterocycles. The Bertz CT molecular complexity index is 893. The lowest BCUT2D eigenvalue weighted by Gasteiger charge is -2.21. The molecule has 0 saturated heterocycles. The van der Waals surface area contributed by atoms with Gasteiger partial charge in [-0.15, -0.1) is 10.2 Å². The SMILES string of the molecule is Cc1nc2c(OCC3CCCCC3)cccn2c1-c1nnc(C(C)O)o1. The molecule has 1 atom stereocenters. The Morgan fingerprint density at radius 2 is 2.12 bits per heavy atom. The molecule has 1 aliphatic carbocycles. The van der Waals surface area contributed by atoms with E-state index >= 15 is 0 Å². The van der Waals surface area contributed by atoms with E-state index in [0.29, 0.717) is 11.8 Å². The summed E-state index contributed by atoms with van der Waals surface area (Å²) in [6.07, 6.45) is 7.53. The van der Waals surface area contributed by atoms with E-state index in [2.05, 4.69) is 15.2 Å². The Balaban J connectivity index is 1.64. The van der Waals surface area contributed by atoms with Crippen molar-refractivity contribution in [1.29, 1.82) is 0 Å². The van der Waals surface area contributed by atoms with Crippen LogP contribution in [0.15, 0.2) is 22.7 Å². The van der Waals surface area contributed by atoms with Crippen LogP contribution in [0.4, 0.5) is 0 Å². The fourth-order valence-corrected chi connectivity index (χ4v) is 3.59. The molecule has 26 heavy (non-hydrogen) atoms. The van der Waals surface area contributed by atoms with Crippen LogP contribution < -0.4 is 4.74 Å². The van der Waals surface area contributed by atoms with E-state index in [-0.39, 0.29) is 5.89 Å². The Kier molecular flexibility index (Phi) is 4.63. The number of fused-ring (bicyclic) bond motifs is 1. The summed E-state index contributed by atoms with van der Waals surface area (Å²) in [6, 6.07) is 3.88. The molecule has 1 N–H and O–H groups in total. The van der Waals surface area contributed by atoms with Gasteiger partial charge in [0.15, 0.2) is 11.4 Å². The lowest BCUT2D eigenvalue weighted by atomic mass is 9.90. The van der Waals surface area contributed by atoms with E-state index < -0.39 is 6.10 Å². The first-order chi connectivity index (χ1) is 12.6. The molecule has 7 nitrogen and oxygen atoms in total. The van der Waals surface area contributed by atoms with Crippen molar-refractivity contribution in [2.75, 3.05) is 6.61 Å². The highest BCUT2D eigenvalue weighted by molar-refractivity contribution is 5.65. The lowest BCUT2D eigenvalue weighted by molar-refractivity contribution is 0.163. The fourth-order valence-electron chi connectivity index (χ4n) is 3.59. The largest absolute Gasteiger partial charge is 0.489 e. The van der Waals surface area contributed by atoms with Crippen molar-refractivity contribution >= 4 is 5.65 Å². The van der Waals surface area contributed by atoms with Gasteiger partial charge in [0.1, 0.15) is 11.8 Å². The van der Waals surface area contributed by atoms with Gasteiger partial charge in [0.05, 0.1) is 12.3 Å². The van der Waals surface area contributed by atoms with Crippen LogP contribution in [0, 0.1) is 12.8 Å². The number of aryl methyl sites for hydroxylation is 1. The molecule has 138 valence electrons. The second kappa shape index (κ2) is 7.07. The molecule has 4 rings (SSSR count). The Labute approximate surface area is 152 Å². The molecule has 0 bridgehead atoms. The molecule has 1 saturated carbocycles. The molecular formula is C19H24N4O3. The van der Waals surface area contributed by atoms with Crippen molar-refractivity contribution in [3.63, 3.8) is 0 Å². The van der Waals surface area contributed by atoms with Crippen LogP contribution in [0.2, 0.25) is 0 Å². The molecule has 3 heterocycles. The number of aromatic nitrogens is 4. The molecule has 7 heteroatoms. The zero-order valence-electron chi connectivity index (χ0n) is 15.2. The Hall–Kier alpha value is -2.41. The number of pyridine rings is 1. The van der Waals surface area contributed by atoms with Crippen LogP contribution in [-0.4, -0.2) is 31.3 Å². The van der Waals surface area contributed by atoms with Crippen LogP contribution >= 0.6 is 0 Å². The van der Waals surface area contributed by atoms with Crippen molar-refractivity contribution in [2.24, 2.45) is 5.92 Å². The van der Waals surface area contributed by atoms with Crippen LogP contribution in [-0.2, 0) is 0 Å². The van der Waals surface area contributed by atoms with Gasteiger partial charge >= 0.3 is 0 Å². The lowest BCUT2D eigenvalue weighted by Crippen LogP contribution is -2.15. The number of hydrogen-bond donors (Lipinski definition) is 1. The fraction of sp³-hybridized carbons (Fsp3) is 0.526. The van der Waals surface area contributed by atoms with Gasteiger partial charge in [0.25, 0.3) is 5.89 Å². The van der Waals surface area contributed by atoms with Gasteiger partial charge in [-0.3, -0.25) is 4.40 Å². The smallest absolute Gasteiger partial charge is 0.266 e. The van der Waals surface area contributed by atoms with Gasteiger partial charge in [-0.25, -0.2) is 4.98 Å². The highest BCUT2D eigenvalue weighted by Gasteiger charge is 2.21. The first kappa shape index (κ1) is 17.0. The minimum Gasteiger partial charge on any atom is -0.489 e. The summed E-state index contributed by atoms with van der Waals surface area (Å²) in [7, 11) is 0. The quantitative estimate of drug-likeness (QED) is 0.750. The predicted molar refractivity (Wildman–Crippen MR) is 95.9 cm³/mol. The van der Waals surface area contributed by atoms with Crippen molar-refractivity contribution in [2.45, 2.75) is 52.1 Å². The van der Waals surface area contributed by atoms with Crippen molar-refractivity contribution in [3.05, 3.63) is 29.9 Å². The summed E-state index contributed by atoms with van der Waals surface area (Å²) in [4.78, 5) is 4.65. The van der Waals surface area contributed by atoms with Crippen molar-refractivity contribution in [3.8, 4) is 17.3 Å². The van der Waals surface area contributed by atoms with Crippen molar-refractivity contribution in [1.82, 2.24) is 19.6 Å². The number of imidazole rings is 1. The summed E-state index contributed by atoms with van der Waals surface area (Å²) in [5.74, 6) is 1.93. The maximum absolute atomic E-state index is 9.62. The topological polar surface area (TPSA) is 85.7 Å². The maximum atomic E-state index is 9.62. The molecule has 3 aromatic rings. The van der Waals surface area contributed by atoms with E-state index in [0.717, 1.165) is 29.4 Å². The average Bonchev–Trinajstić information content (AvgIpc) is 3.24. The molecule has 1 aliphatic rings. The molecule has 0 amide bonds. The molecule has 0 aliphatic heterocycles. The number of aliphatic hydroxyl groups is 1. The van der Waals surface area contributed by atoms with Gasteiger partial charge in [0, 0.05) is 6.20 Å². The number of aliphatic hydroxyl groups excluding tert-OH is 1. The average molecular weight is 356 g/mol. The molecule has 0 aromatic carbocycles.